The summed E-state index contributed by atoms with van der Waals surface area (Å²) in [6.45, 7) is 14.9. The molecule has 7 unspecified atom stereocenters. The summed E-state index contributed by atoms with van der Waals surface area (Å²) in [4.78, 5) is 72.4. The molecular formula is C48H63BrO10. The molecule has 0 saturated heterocycles. The highest BCUT2D eigenvalue weighted by atomic mass is 79.9. The zero-order chi connectivity index (χ0) is 43.2. The van der Waals surface area contributed by atoms with E-state index in [1.54, 1.807) is 18.2 Å². The molecule has 0 bridgehead atoms. The van der Waals surface area contributed by atoms with Crippen LogP contribution in [0.15, 0.2) is 47.6 Å². The first-order valence-corrected chi connectivity index (χ1v) is 22.7. The maximum Gasteiger partial charge on any atom is 0.303 e. The summed E-state index contributed by atoms with van der Waals surface area (Å²) < 4.78 is 9.89. The molecule has 0 aliphatic heterocycles. The van der Waals surface area contributed by atoms with Crippen molar-refractivity contribution in [1.29, 1.82) is 0 Å². The number of rotatable bonds is 6. The Bertz CT molecular complexity index is 1960. The van der Waals surface area contributed by atoms with Gasteiger partial charge in [-0.05, 0) is 135 Å². The first-order valence-electron chi connectivity index (χ1n) is 21.8. The highest BCUT2D eigenvalue weighted by Crippen LogP contribution is 2.70. The van der Waals surface area contributed by atoms with Crippen molar-refractivity contribution in [3.8, 4) is 0 Å². The molecule has 11 heteroatoms. The highest BCUT2D eigenvalue weighted by molar-refractivity contribution is 9.09. The number of carbonyl (C=O) groups excluding carboxylic acids is 6. The van der Waals surface area contributed by atoms with Crippen molar-refractivity contribution in [2.75, 3.05) is 13.2 Å². The normalized spacial score (nSPS) is 46.4. The fraction of sp³-hybridized carbons (Fsp3) is 0.708. The van der Waals surface area contributed by atoms with E-state index in [9.17, 15) is 39.0 Å². The SMILES string of the molecule is CC(=O)OCC(=O)[C@@]1(O)CCC2C3CC(Br)C4=CC(=O)C=C[C@]4(C)C3[C@@H](C)C[C@@]21C.CC(=O)OCC(=O)[C@@]1(O)CCC2C3CCC4=CC(=O)C=C[C@]4(C)C3[C@@H](C)C[C@@]21C. The lowest BCUT2D eigenvalue weighted by Crippen LogP contribution is -2.61. The third-order valence-electron chi connectivity index (χ3n) is 17.6. The molecule has 0 aromatic rings. The summed E-state index contributed by atoms with van der Waals surface area (Å²) in [5.74, 6) is 0.881. The number of carbonyl (C=O) groups is 6. The van der Waals surface area contributed by atoms with Crippen molar-refractivity contribution < 1.29 is 48.5 Å². The topological polar surface area (TPSA) is 161 Å². The van der Waals surface area contributed by atoms with E-state index < -0.39 is 34.0 Å². The number of fused-ring (bicyclic) bond motifs is 10. The maximum absolute atomic E-state index is 13.0. The van der Waals surface area contributed by atoms with Crippen LogP contribution in [-0.2, 0) is 38.2 Å². The Hall–Kier alpha value is -3.02. The summed E-state index contributed by atoms with van der Waals surface area (Å²) >= 11 is 3.85. The van der Waals surface area contributed by atoms with Crippen molar-refractivity contribution in [2.45, 2.75) is 129 Å². The summed E-state index contributed by atoms with van der Waals surface area (Å²) in [5, 5.41) is 23.2. The fourth-order valence-corrected chi connectivity index (χ4v) is 16.3. The van der Waals surface area contributed by atoms with Crippen LogP contribution >= 0.6 is 15.9 Å². The zero-order valence-electron chi connectivity index (χ0n) is 36.0. The van der Waals surface area contributed by atoms with Gasteiger partial charge in [0.05, 0.1) is 0 Å². The lowest BCUT2D eigenvalue weighted by atomic mass is 9.44. The average molecular weight is 880 g/mol. The average Bonchev–Trinajstić information content (AvgIpc) is 3.59. The van der Waals surface area contributed by atoms with Gasteiger partial charge in [0.15, 0.2) is 24.8 Å². The van der Waals surface area contributed by atoms with Crippen molar-refractivity contribution in [3.05, 3.63) is 47.6 Å². The number of hydrogen-bond donors (Lipinski definition) is 2. The predicted molar refractivity (Wildman–Crippen MR) is 224 cm³/mol. The molecule has 322 valence electrons. The smallest absolute Gasteiger partial charge is 0.303 e. The molecule has 0 amide bonds. The minimum Gasteiger partial charge on any atom is -0.458 e. The van der Waals surface area contributed by atoms with Gasteiger partial charge in [-0.3, -0.25) is 28.8 Å². The van der Waals surface area contributed by atoms with Gasteiger partial charge in [0.1, 0.15) is 11.2 Å². The third kappa shape index (κ3) is 6.68. The van der Waals surface area contributed by atoms with Gasteiger partial charge in [0.2, 0.25) is 11.6 Å². The summed E-state index contributed by atoms with van der Waals surface area (Å²) in [6.07, 6.45) is 17.9. The molecule has 0 aromatic carbocycles. The van der Waals surface area contributed by atoms with E-state index in [2.05, 4.69) is 69.6 Å². The van der Waals surface area contributed by atoms with Gasteiger partial charge in [-0.25, -0.2) is 0 Å². The predicted octanol–water partition coefficient (Wildman–Crippen LogP) is 7.18. The van der Waals surface area contributed by atoms with Crippen LogP contribution in [0.5, 0.6) is 0 Å². The first kappa shape index (κ1) is 44.0. The van der Waals surface area contributed by atoms with E-state index in [4.69, 9.17) is 9.47 Å². The molecule has 8 rings (SSSR count). The van der Waals surface area contributed by atoms with Crippen LogP contribution in [0.3, 0.4) is 0 Å². The molecule has 2 N–H and O–H groups in total. The zero-order valence-corrected chi connectivity index (χ0v) is 37.6. The number of aliphatic hydroxyl groups is 2. The second kappa shape index (κ2) is 15.1. The van der Waals surface area contributed by atoms with E-state index in [0.29, 0.717) is 42.4 Å². The molecule has 8 aliphatic rings. The molecule has 0 spiro atoms. The van der Waals surface area contributed by atoms with Gasteiger partial charge in [-0.15, -0.1) is 0 Å². The Balaban J connectivity index is 0.000000179. The Morgan fingerprint density at radius 3 is 1.68 bits per heavy atom. The molecule has 0 heterocycles. The summed E-state index contributed by atoms with van der Waals surface area (Å²) in [6, 6.07) is 0. The molecule has 10 nitrogen and oxygen atoms in total. The molecule has 0 aromatic heterocycles. The molecule has 15 atom stereocenters. The first-order chi connectivity index (χ1) is 27.5. The van der Waals surface area contributed by atoms with Crippen LogP contribution in [0.25, 0.3) is 0 Å². The second-order valence-corrected chi connectivity index (χ2v) is 21.6. The molecule has 0 radical (unpaired) electrons. The summed E-state index contributed by atoms with van der Waals surface area (Å²) in [5.41, 5.74) is -1.91. The van der Waals surface area contributed by atoms with Crippen molar-refractivity contribution in [1.82, 2.24) is 0 Å². The van der Waals surface area contributed by atoms with Crippen molar-refractivity contribution in [2.24, 2.45) is 69.0 Å². The van der Waals surface area contributed by atoms with E-state index in [-0.39, 0.29) is 69.8 Å². The second-order valence-electron chi connectivity index (χ2n) is 20.5. The highest BCUT2D eigenvalue weighted by Gasteiger charge is 2.69. The quantitative estimate of drug-likeness (QED) is 0.207. The molecule has 8 aliphatic carbocycles. The van der Waals surface area contributed by atoms with Gasteiger partial charge < -0.3 is 19.7 Å². The molecule has 6 saturated carbocycles. The number of ketones is 4. The number of esters is 2. The number of allylic oxidation sites excluding steroid dienone is 8. The van der Waals surface area contributed by atoms with Crippen LogP contribution in [0.2, 0.25) is 0 Å². The Labute approximate surface area is 357 Å². The van der Waals surface area contributed by atoms with E-state index >= 15 is 0 Å². The largest absolute Gasteiger partial charge is 0.458 e. The Morgan fingerprint density at radius 1 is 0.712 bits per heavy atom. The van der Waals surface area contributed by atoms with E-state index in [1.165, 1.54) is 19.4 Å². The lowest BCUT2D eigenvalue weighted by molar-refractivity contribution is -0.173. The Morgan fingerprint density at radius 2 is 1.17 bits per heavy atom. The van der Waals surface area contributed by atoms with Crippen LogP contribution < -0.4 is 0 Å². The number of hydrogen-bond acceptors (Lipinski definition) is 10. The van der Waals surface area contributed by atoms with Gasteiger partial charge in [-0.1, -0.05) is 75.2 Å². The Kier molecular flexibility index (Phi) is 11.3. The van der Waals surface area contributed by atoms with Gasteiger partial charge in [0.25, 0.3) is 0 Å². The van der Waals surface area contributed by atoms with Crippen LogP contribution in [-0.4, -0.2) is 74.5 Å². The standard InChI is InChI=1S/C24H31BrO5.C24H32O5/c1-13-11-23(4)17(6-8-24(23,29)20(28)12-30-14(2)26)16-10-19(25)18-9-15(27)5-7-22(18,3)21(13)16;1-14-12-23(4)19(8-10-24(23,28)20(27)13-29-15(2)25)18-6-5-16-11-17(26)7-9-22(16,3)21(14)18/h5,7,9,13,16-17,19,21,29H,6,8,10-12H2,1-4H3;7,9,11,14,18-19,21,28H,5-6,8,10,12-13H2,1-4H3/t13-,16?,17?,19?,21?,22-,23-,24-;14-,18?,19?,21?,22-,23-,24-/m00/s1. The molecular weight excluding hydrogens is 816 g/mol. The van der Waals surface area contributed by atoms with Crippen molar-refractivity contribution >= 4 is 51.0 Å². The van der Waals surface area contributed by atoms with E-state index in [1.807, 2.05) is 6.08 Å². The van der Waals surface area contributed by atoms with Crippen LogP contribution in [0.4, 0.5) is 0 Å². The van der Waals surface area contributed by atoms with Crippen molar-refractivity contribution in [3.63, 3.8) is 0 Å². The number of Topliss-reactive ketones (excluding diaryl/α,β-unsaturated/α-hetero) is 2. The molecule has 6 fully saturated rings. The van der Waals surface area contributed by atoms with Crippen LogP contribution in [0.1, 0.15) is 113 Å². The molecule has 59 heavy (non-hydrogen) atoms. The monoisotopic (exact) mass is 878 g/mol. The summed E-state index contributed by atoms with van der Waals surface area (Å²) in [7, 11) is 0. The fourth-order valence-electron chi connectivity index (χ4n) is 15.3. The number of alkyl halides is 1. The lowest BCUT2D eigenvalue weighted by Gasteiger charge is -2.61. The minimum atomic E-state index is -1.47. The van der Waals surface area contributed by atoms with Crippen LogP contribution in [0, 0.1) is 69.0 Å². The number of ether oxygens (including phenoxy) is 2. The third-order valence-corrected chi connectivity index (χ3v) is 18.5. The number of halogens is 1. The maximum atomic E-state index is 13.0. The van der Waals surface area contributed by atoms with Gasteiger partial charge >= 0.3 is 11.9 Å². The van der Waals surface area contributed by atoms with Gasteiger partial charge in [-0.2, -0.15) is 0 Å². The van der Waals surface area contributed by atoms with Gasteiger partial charge in [0, 0.05) is 40.3 Å². The minimum absolute atomic E-state index is 0.0463. The van der Waals surface area contributed by atoms with E-state index in [0.717, 1.165) is 50.5 Å².